The minimum Gasteiger partial charge on any atom is -0.349 e. The molecule has 3 heteroatoms. The molecule has 24 heavy (non-hydrogen) atoms. The van der Waals surface area contributed by atoms with Gasteiger partial charge in [-0.05, 0) is 37.3 Å². The molecule has 0 bridgehead atoms. The van der Waals surface area contributed by atoms with E-state index in [0.29, 0.717) is 6.04 Å². The molecule has 2 aliphatic carbocycles. The van der Waals surface area contributed by atoms with Gasteiger partial charge in [-0.2, -0.15) is 0 Å². The monoisotopic (exact) mass is 329 g/mol. The van der Waals surface area contributed by atoms with Crippen molar-refractivity contribution in [3.05, 3.63) is 35.9 Å². The highest BCUT2D eigenvalue weighted by Crippen LogP contribution is 2.53. The maximum absolute atomic E-state index is 6.23. The highest BCUT2D eigenvalue weighted by Gasteiger charge is 2.53. The minimum absolute atomic E-state index is 0.168. The van der Waals surface area contributed by atoms with Crippen molar-refractivity contribution in [2.24, 2.45) is 17.3 Å². The van der Waals surface area contributed by atoms with Crippen LogP contribution < -0.4 is 0 Å². The van der Waals surface area contributed by atoms with Gasteiger partial charge in [-0.25, -0.2) is 0 Å². The molecule has 0 radical (unpaired) electrons. The summed E-state index contributed by atoms with van der Waals surface area (Å²) in [4.78, 5) is 2.55. The summed E-state index contributed by atoms with van der Waals surface area (Å²) < 4.78 is 12.5. The van der Waals surface area contributed by atoms with Gasteiger partial charge in [0.2, 0.25) is 0 Å². The molecule has 0 amide bonds. The van der Waals surface area contributed by atoms with Crippen LogP contribution in [0.3, 0.4) is 0 Å². The molecular formula is C21H31NO2. The Bertz CT molecular complexity index is 544. The maximum Gasteiger partial charge on any atom is 0.168 e. The second-order valence-corrected chi connectivity index (χ2v) is 9.11. The zero-order chi connectivity index (χ0) is 16.8. The van der Waals surface area contributed by atoms with Gasteiger partial charge in [0.05, 0.1) is 13.2 Å². The van der Waals surface area contributed by atoms with E-state index in [0.717, 1.165) is 44.4 Å². The molecule has 1 unspecified atom stereocenters. The molecule has 4 rings (SSSR count). The Kier molecular flexibility index (Phi) is 4.22. The van der Waals surface area contributed by atoms with Crippen LogP contribution in [0, 0.1) is 17.3 Å². The molecular weight excluding hydrogens is 298 g/mol. The van der Waals surface area contributed by atoms with Gasteiger partial charge in [0, 0.05) is 30.8 Å². The number of rotatable bonds is 3. The summed E-state index contributed by atoms with van der Waals surface area (Å²) in [5.41, 5.74) is 1.58. The van der Waals surface area contributed by atoms with Gasteiger partial charge >= 0.3 is 0 Å². The lowest BCUT2D eigenvalue weighted by atomic mass is 9.94. The van der Waals surface area contributed by atoms with E-state index >= 15 is 0 Å². The SMILES string of the molecule is CN(Cc1ccccc1)C1C[C@@H]2CC3(C[C@@H]2C1)OCC(C)(C)CO3. The van der Waals surface area contributed by atoms with Crippen LogP contribution in [-0.4, -0.2) is 37.0 Å². The number of hydrogen-bond donors (Lipinski definition) is 0. The Hall–Kier alpha value is -0.900. The third kappa shape index (κ3) is 3.26. The van der Waals surface area contributed by atoms with Crippen molar-refractivity contribution in [1.82, 2.24) is 4.90 Å². The molecule has 3 nitrogen and oxygen atoms in total. The fourth-order valence-corrected chi connectivity index (χ4v) is 4.90. The van der Waals surface area contributed by atoms with Crippen LogP contribution in [-0.2, 0) is 16.0 Å². The largest absolute Gasteiger partial charge is 0.349 e. The molecule has 1 aromatic rings. The fourth-order valence-electron chi connectivity index (χ4n) is 4.90. The van der Waals surface area contributed by atoms with E-state index < -0.39 is 0 Å². The van der Waals surface area contributed by atoms with Crippen LogP contribution >= 0.6 is 0 Å². The van der Waals surface area contributed by atoms with E-state index in [1.807, 2.05) is 0 Å². The van der Waals surface area contributed by atoms with Crippen LogP contribution in [0.2, 0.25) is 0 Å². The standard InChI is InChI=1S/C21H31NO2/c1-20(2)14-23-21(24-15-20)11-17-9-19(10-18(17)12-21)22(3)13-16-7-5-4-6-8-16/h4-8,17-19H,9-15H2,1-3H3/t17-,18+,19?. The topological polar surface area (TPSA) is 21.7 Å². The number of benzene rings is 1. The average Bonchev–Trinajstić information content (AvgIpc) is 3.08. The van der Waals surface area contributed by atoms with Gasteiger partial charge in [0.15, 0.2) is 5.79 Å². The minimum atomic E-state index is -0.256. The summed E-state index contributed by atoms with van der Waals surface area (Å²) in [5.74, 6) is 1.29. The Morgan fingerprint density at radius 3 is 2.17 bits per heavy atom. The maximum atomic E-state index is 6.23. The quantitative estimate of drug-likeness (QED) is 0.834. The van der Waals surface area contributed by atoms with Crippen molar-refractivity contribution in [2.45, 2.75) is 57.9 Å². The van der Waals surface area contributed by atoms with Crippen LogP contribution in [0.15, 0.2) is 30.3 Å². The van der Waals surface area contributed by atoms with Gasteiger partial charge in [0.1, 0.15) is 0 Å². The molecule has 1 aliphatic heterocycles. The first kappa shape index (κ1) is 16.6. The van der Waals surface area contributed by atoms with E-state index in [4.69, 9.17) is 9.47 Å². The average molecular weight is 329 g/mol. The predicted molar refractivity (Wildman–Crippen MR) is 95.6 cm³/mol. The van der Waals surface area contributed by atoms with E-state index in [2.05, 4.69) is 56.1 Å². The van der Waals surface area contributed by atoms with E-state index in [9.17, 15) is 0 Å². The second-order valence-electron chi connectivity index (χ2n) is 9.11. The Labute approximate surface area is 146 Å². The Morgan fingerprint density at radius 2 is 1.58 bits per heavy atom. The fraction of sp³-hybridized carbons (Fsp3) is 0.714. The van der Waals surface area contributed by atoms with Gasteiger partial charge in [-0.1, -0.05) is 44.2 Å². The summed E-state index contributed by atoms with van der Waals surface area (Å²) >= 11 is 0. The number of hydrogen-bond acceptors (Lipinski definition) is 3. The first-order valence-electron chi connectivity index (χ1n) is 9.47. The van der Waals surface area contributed by atoms with Gasteiger partial charge in [0.25, 0.3) is 0 Å². The molecule has 0 N–H and O–H groups in total. The van der Waals surface area contributed by atoms with E-state index in [1.165, 1.54) is 18.4 Å². The molecule has 3 fully saturated rings. The highest BCUT2D eigenvalue weighted by molar-refractivity contribution is 5.14. The highest BCUT2D eigenvalue weighted by atomic mass is 16.7. The molecule has 3 atom stereocenters. The Morgan fingerprint density at radius 1 is 1.00 bits per heavy atom. The van der Waals surface area contributed by atoms with Gasteiger partial charge < -0.3 is 9.47 Å². The zero-order valence-electron chi connectivity index (χ0n) is 15.3. The first-order valence-corrected chi connectivity index (χ1v) is 9.47. The molecule has 0 aromatic heterocycles. The molecule has 1 aromatic carbocycles. The summed E-state index contributed by atoms with van der Waals surface area (Å²) in [6, 6.07) is 11.5. The van der Waals surface area contributed by atoms with Crippen LogP contribution in [0.25, 0.3) is 0 Å². The summed E-state index contributed by atoms with van der Waals surface area (Å²) in [6.45, 7) is 7.18. The predicted octanol–water partition coefficient (Wildman–Crippen LogP) is 4.08. The first-order chi connectivity index (χ1) is 11.4. The lowest BCUT2D eigenvalue weighted by Crippen LogP contribution is -2.46. The van der Waals surface area contributed by atoms with Crippen molar-refractivity contribution in [1.29, 1.82) is 0 Å². The van der Waals surface area contributed by atoms with E-state index in [1.54, 1.807) is 0 Å². The summed E-state index contributed by atoms with van der Waals surface area (Å²) in [5, 5.41) is 0. The van der Waals surface area contributed by atoms with E-state index in [-0.39, 0.29) is 11.2 Å². The smallest absolute Gasteiger partial charge is 0.168 e. The van der Waals surface area contributed by atoms with Crippen LogP contribution in [0.1, 0.15) is 45.1 Å². The lowest BCUT2D eigenvalue weighted by molar-refractivity contribution is -0.297. The van der Waals surface area contributed by atoms with Crippen molar-refractivity contribution < 1.29 is 9.47 Å². The van der Waals surface area contributed by atoms with Crippen LogP contribution in [0.4, 0.5) is 0 Å². The normalized spacial score (nSPS) is 33.9. The lowest BCUT2D eigenvalue weighted by Gasteiger charge is -2.42. The molecule has 1 spiro atoms. The summed E-state index contributed by atoms with van der Waals surface area (Å²) in [7, 11) is 2.28. The van der Waals surface area contributed by atoms with Crippen molar-refractivity contribution in [3.63, 3.8) is 0 Å². The van der Waals surface area contributed by atoms with Crippen molar-refractivity contribution in [3.8, 4) is 0 Å². The van der Waals surface area contributed by atoms with Gasteiger partial charge in [-0.15, -0.1) is 0 Å². The van der Waals surface area contributed by atoms with Gasteiger partial charge in [-0.3, -0.25) is 4.90 Å². The molecule has 1 heterocycles. The van der Waals surface area contributed by atoms with Crippen molar-refractivity contribution in [2.75, 3.05) is 20.3 Å². The summed E-state index contributed by atoms with van der Waals surface area (Å²) in [6.07, 6.45) is 4.80. The molecule has 132 valence electrons. The van der Waals surface area contributed by atoms with Crippen LogP contribution in [0.5, 0.6) is 0 Å². The molecule has 3 aliphatic rings. The third-order valence-electron chi connectivity index (χ3n) is 6.31. The number of nitrogens with zero attached hydrogens (tertiary/aromatic N) is 1. The van der Waals surface area contributed by atoms with Crippen molar-refractivity contribution >= 4 is 0 Å². The third-order valence-corrected chi connectivity index (χ3v) is 6.31. The second kappa shape index (κ2) is 6.12. The molecule has 2 saturated carbocycles. The Balaban J connectivity index is 1.33. The number of fused-ring (bicyclic) bond motifs is 1. The zero-order valence-corrected chi connectivity index (χ0v) is 15.3. The molecule has 1 saturated heterocycles. The number of ether oxygens (including phenoxy) is 2.